The molecule has 3 aromatic rings. The first-order valence-electron chi connectivity index (χ1n) is 8.89. The monoisotopic (exact) mass is 395 g/mol. The topological polar surface area (TPSA) is 64.6 Å². The average molecular weight is 395 g/mol. The molecule has 6 heteroatoms. The van der Waals surface area contributed by atoms with E-state index < -0.39 is 10.0 Å². The summed E-state index contributed by atoms with van der Waals surface area (Å²) in [5, 5.41) is 0. The summed E-state index contributed by atoms with van der Waals surface area (Å²) in [5.41, 5.74) is 5.15. The zero-order valence-corrected chi connectivity index (χ0v) is 16.7. The van der Waals surface area contributed by atoms with Gasteiger partial charge in [-0.05, 0) is 41.8 Å². The molecule has 3 aromatic carbocycles. The van der Waals surface area contributed by atoms with E-state index in [4.69, 9.17) is 9.47 Å². The van der Waals surface area contributed by atoms with Crippen LogP contribution in [0.25, 0.3) is 11.1 Å². The summed E-state index contributed by atoms with van der Waals surface area (Å²) in [7, 11) is -1.77. The van der Waals surface area contributed by atoms with E-state index in [1.807, 2.05) is 61.5 Å². The normalized spacial score (nSPS) is 15.2. The largest absolute Gasteiger partial charge is 0.496 e. The first-order chi connectivity index (χ1) is 13.4. The van der Waals surface area contributed by atoms with E-state index in [0.29, 0.717) is 11.4 Å². The molecule has 5 nitrogen and oxygen atoms in total. The van der Waals surface area contributed by atoms with E-state index in [9.17, 15) is 8.42 Å². The van der Waals surface area contributed by atoms with Gasteiger partial charge >= 0.3 is 0 Å². The molecule has 0 unspecified atom stereocenters. The van der Waals surface area contributed by atoms with Crippen molar-refractivity contribution in [1.29, 1.82) is 0 Å². The van der Waals surface area contributed by atoms with Gasteiger partial charge in [0.2, 0.25) is 10.0 Å². The van der Waals surface area contributed by atoms with Crippen molar-refractivity contribution in [1.82, 2.24) is 0 Å². The van der Waals surface area contributed by atoms with E-state index in [-0.39, 0.29) is 6.10 Å². The van der Waals surface area contributed by atoms with Crippen LogP contribution in [0.15, 0.2) is 60.7 Å². The van der Waals surface area contributed by atoms with E-state index in [0.717, 1.165) is 39.8 Å². The van der Waals surface area contributed by atoms with Gasteiger partial charge in [0, 0.05) is 5.56 Å². The van der Waals surface area contributed by atoms with Gasteiger partial charge in [0.25, 0.3) is 0 Å². The second kappa shape index (κ2) is 6.87. The summed E-state index contributed by atoms with van der Waals surface area (Å²) in [4.78, 5) is 0. The van der Waals surface area contributed by atoms with E-state index in [1.54, 1.807) is 13.2 Å². The molecule has 0 aliphatic carbocycles. The minimum atomic E-state index is -3.40. The third-order valence-electron chi connectivity index (χ3n) is 4.90. The van der Waals surface area contributed by atoms with Crippen molar-refractivity contribution in [2.24, 2.45) is 0 Å². The van der Waals surface area contributed by atoms with Crippen LogP contribution in [0.4, 0.5) is 5.69 Å². The molecule has 0 bridgehead atoms. The standard InChI is InChI=1S/C22H21NO4S/c1-14-17(23-28(3,24)25)13-12-16-20(14)22(15-8-5-4-6-9-15)27-19-11-7-10-18(26-2)21(16)19/h4-13,22-23H,1-3H3/t22-/m0/s1. The molecule has 1 atom stereocenters. The van der Waals surface area contributed by atoms with Crippen LogP contribution in [0.2, 0.25) is 0 Å². The fourth-order valence-electron chi connectivity index (χ4n) is 3.69. The Morgan fingerprint density at radius 1 is 1.00 bits per heavy atom. The molecule has 4 rings (SSSR count). The minimum absolute atomic E-state index is 0.350. The lowest BCUT2D eigenvalue weighted by Crippen LogP contribution is -2.19. The summed E-state index contributed by atoms with van der Waals surface area (Å²) >= 11 is 0. The van der Waals surface area contributed by atoms with Crippen LogP contribution >= 0.6 is 0 Å². The van der Waals surface area contributed by atoms with Gasteiger partial charge in [-0.1, -0.05) is 42.5 Å². The Morgan fingerprint density at radius 3 is 2.43 bits per heavy atom. The second-order valence-corrected chi connectivity index (χ2v) is 8.56. The molecule has 0 saturated carbocycles. The molecule has 1 N–H and O–H groups in total. The molecule has 1 aliphatic rings. The Kier molecular flexibility index (Phi) is 4.51. The molecule has 0 amide bonds. The number of sulfonamides is 1. The van der Waals surface area contributed by atoms with Crippen LogP contribution in [0.5, 0.6) is 11.5 Å². The molecule has 0 radical (unpaired) electrons. The molecule has 1 heterocycles. The highest BCUT2D eigenvalue weighted by Crippen LogP contribution is 2.50. The van der Waals surface area contributed by atoms with Crippen LogP contribution in [0.1, 0.15) is 22.8 Å². The number of hydrogen-bond donors (Lipinski definition) is 1. The highest BCUT2D eigenvalue weighted by molar-refractivity contribution is 7.92. The number of rotatable bonds is 4. The summed E-state index contributed by atoms with van der Waals surface area (Å²) in [6, 6.07) is 19.3. The number of ether oxygens (including phenoxy) is 2. The van der Waals surface area contributed by atoms with E-state index in [1.165, 1.54) is 0 Å². The van der Waals surface area contributed by atoms with Crippen molar-refractivity contribution in [3.8, 4) is 22.6 Å². The van der Waals surface area contributed by atoms with Crippen molar-refractivity contribution in [2.45, 2.75) is 13.0 Å². The van der Waals surface area contributed by atoms with Gasteiger partial charge < -0.3 is 9.47 Å². The number of anilines is 1. The fourth-order valence-corrected chi connectivity index (χ4v) is 4.31. The highest BCUT2D eigenvalue weighted by Gasteiger charge is 2.32. The van der Waals surface area contributed by atoms with Gasteiger partial charge in [-0.25, -0.2) is 8.42 Å². The first-order valence-corrected chi connectivity index (χ1v) is 10.8. The highest BCUT2D eigenvalue weighted by atomic mass is 32.2. The predicted molar refractivity (Wildman–Crippen MR) is 111 cm³/mol. The summed E-state index contributed by atoms with van der Waals surface area (Å²) in [6.45, 7) is 1.91. The van der Waals surface area contributed by atoms with Gasteiger partial charge in [0.1, 0.15) is 17.6 Å². The summed E-state index contributed by atoms with van der Waals surface area (Å²) < 4.78 is 38.2. The van der Waals surface area contributed by atoms with Gasteiger partial charge in [-0.3, -0.25) is 4.72 Å². The number of nitrogens with one attached hydrogen (secondary N) is 1. The fraction of sp³-hybridized carbons (Fsp3) is 0.182. The van der Waals surface area contributed by atoms with E-state index >= 15 is 0 Å². The van der Waals surface area contributed by atoms with E-state index in [2.05, 4.69) is 4.72 Å². The number of benzene rings is 3. The minimum Gasteiger partial charge on any atom is -0.496 e. The van der Waals surface area contributed by atoms with Crippen molar-refractivity contribution in [2.75, 3.05) is 18.1 Å². The Balaban J connectivity index is 1.99. The Morgan fingerprint density at radius 2 is 1.75 bits per heavy atom. The van der Waals surface area contributed by atoms with Crippen LogP contribution in [0, 0.1) is 6.92 Å². The molecule has 0 fully saturated rings. The van der Waals surface area contributed by atoms with Crippen LogP contribution in [-0.2, 0) is 10.0 Å². The summed E-state index contributed by atoms with van der Waals surface area (Å²) in [5.74, 6) is 1.46. The summed E-state index contributed by atoms with van der Waals surface area (Å²) in [6.07, 6.45) is 0.798. The van der Waals surface area contributed by atoms with Gasteiger partial charge in [-0.2, -0.15) is 0 Å². The molecule has 0 aromatic heterocycles. The average Bonchev–Trinajstić information content (AvgIpc) is 2.68. The third kappa shape index (κ3) is 3.20. The van der Waals surface area contributed by atoms with Crippen LogP contribution in [0.3, 0.4) is 0 Å². The van der Waals surface area contributed by atoms with Crippen molar-refractivity contribution < 1.29 is 17.9 Å². The second-order valence-electron chi connectivity index (χ2n) is 6.82. The lowest BCUT2D eigenvalue weighted by molar-refractivity contribution is 0.241. The van der Waals surface area contributed by atoms with Gasteiger partial charge in [-0.15, -0.1) is 0 Å². The molecule has 0 saturated heterocycles. The zero-order chi connectivity index (χ0) is 19.9. The predicted octanol–water partition coefficient (Wildman–Crippen LogP) is 4.52. The molecular weight excluding hydrogens is 374 g/mol. The van der Waals surface area contributed by atoms with Crippen molar-refractivity contribution >= 4 is 15.7 Å². The van der Waals surface area contributed by atoms with Crippen molar-refractivity contribution in [3.63, 3.8) is 0 Å². The lowest BCUT2D eigenvalue weighted by Gasteiger charge is -2.32. The molecule has 0 spiro atoms. The number of methoxy groups -OCH3 is 1. The maximum Gasteiger partial charge on any atom is 0.229 e. The molecular formula is C22H21NO4S. The first kappa shape index (κ1) is 18.4. The molecule has 28 heavy (non-hydrogen) atoms. The molecule has 1 aliphatic heterocycles. The smallest absolute Gasteiger partial charge is 0.229 e. The van der Waals surface area contributed by atoms with Crippen LogP contribution in [-0.4, -0.2) is 21.8 Å². The third-order valence-corrected chi connectivity index (χ3v) is 5.49. The Labute approximate surface area is 165 Å². The Hall–Kier alpha value is -2.99. The Bertz CT molecular complexity index is 1140. The number of hydrogen-bond acceptors (Lipinski definition) is 4. The van der Waals surface area contributed by atoms with Crippen molar-refractivity contribution in [3.05, 3.63) is 77.4 Å². The van der Waals surface area contributed by atoms with Gasteiger partial charge in [0.05, 0.1) is 24.6 Å². The quantitative estimate of drug-likeness (QED) is 0.705. The lowest BCUT2D eigenvalue weighted by atomic mass is 9.85. The van der Waals surface area contributed by atoms with Crippen LogP contribution < -0.4 is 14.2 Å². The van der Waals surface area contributed by atoms with Gasteiger partial charge in [0.15, 0.2) is 0 Å². The molecule has 144 valence electrons. The SMILES string of the molecule is COc1cccc2c1-c1ccc(NS(C)(=O)=O)c(C)c1[C@H](c1ccccc1)O2. The number of fused-ring (bicyclic) bond motifs is 3. The maximum absolute atomic E-state index is 11.8. The maximum atomic E-state index is 11.8. The zero-order valence-electron chi connectivity index (χ0n) is 15.9.